The van der Waals surface area contributed by atoms with E-state index in [1.807, 2.05) is 47.8 Å². The van der Waals surface area contributed by atoms with Gasteiger partial charge in [0.2, 0.25) is 0 Å². The summed E-state index contributed by atoms with van der Waals surface area (Å²) in [4.78, 5) is 21.0. The van der Waals surface area contributed by atoms with Crippen molar-refractivity contribution >= 4 is 40.2 Å². The smallest absolute Gasteiger partial charge is 0.338 e. The molecule has 0 atom stereocenters. The van der Waals surface area contributed by atoms with Crippen molar-refractivity contribution in [2.24, 2.45) is 0 Å². The Kier molecular flexibility index (Phi) is 4.99. The van der Waals surface area contributed by atoms with Crippen LogP contribution < -0.4 is 0 Å². The maximum Gasteiger partial charge on any atom is 0.338 e. The van der Waals surface area contributed by atoms with Crippen LogP contribution >= 0.6 is 23.1 Å². The van der Waals surface area contributed by atoms with Crippen molar-refractivity contribution in [3.63, 3.8) is 0 Å². The van der Waals surface area contributed by atoms with Crippen LogP contribution in [-0.2, 0) is 17.1 Å². The lowest BCUT2D eigenvalue weighted by Gasteiger charge is -2.08. The van der Waals surface area contributed by atoms with Gasteiger partial charge in [-0.15, -0.1) is 11.3 Å². The Balaban J connectivity index is 1.45. The maximum absolute atomic E-state index is 12.4. The van der Waals surface area contributed by atoms with Gasteiger partial charge in [0, 0.05) is 17.3 Å². The summed E-state index contributed by atoms with van der Waals surface area (Å²) in [6.07, 6.45) is 1.69. The second-order valence-electron chi connectivity index (χ2n) is 5.40. The monoisotopic (exact) mass is 382 g/mol. The third-order valence-electron chi connectivity index (χ3n) is 3.67. The quantitative estimate of drug-likeness (QED) is 0.348. The third kappa shape index (κ3) is 3.79. The molecule has 0 aliphatic rings. The lowest BCUT2D eigenvalue weighted by atomic mass is 10.1. The highest BCUT2D eigenvalue weighted by atomic mass is 32.2. The number of ether oxygens (including phenoxy) is 1. The molecule has 0 saturated carbocycles. The summed E-state index contributed by atoms with van der Waals surface area (Å²) in [5.74, 6) is 0.212. The molecule has 2 heterocycles. The Morgan fingerprint density at radius 2 is 2.00 bits per heavy atom. The summed E-state index contributed by atoms with van der Waals surface area (Å²) in [5.41, 5.74) is 3.01. The summed E-state index contributed by atoms with van der Waals surface area (Å²) in [5, 5.41) is 3.21. The van der Waals surface area contributed by atoms with Crippen molar-refractivity contribution in [1.29, 1.82) is 0 Å². The molecule has 0 radical (unpaired) electrons. The Morgan fingerprint density at radius 3 is 2.85 bits per heavy atom. The van der Waals surface area contributed by atoms with Crippen molar-refractivity contribution in [2.75, 3.05) is 0 Å². The lowest BCUT2D eigenvalue weighted by Crippen LogP contribution is -2.08. The molecule has 0 unspecified atom stereocenters. The first-order chi connectivity index (χ1) is 12.8. The molecule has 2 aromatic carbocycles. The molecule has 0 aliphatic heterocycles. The largest absolute Gasteiger partial charge is 0.455 e. The van der Waals surface area contributed by atoms with Gasteiger partial charge in [-0.25, -0.2) is 14.8 Å². The van der Waals surface area contributed by atoms with E-state index in [4.69, 9.17) is 9.15 Å². The van der Waals surface area contributed by atoms with E-state index >= 15 is 0 Å². The summed E-state index contributed by atoms with van der Waals surface area (Å²) in [7, 11) is 0. The van der Waals surface area contributed by atoms with Crippen molar-refractivity contribution in [1.82, 2.24) is 9.97 Å². The maximum atomic E-state index is 12.4. The number of carbonyl (C=O) groups excluding carboxylic acids is 1. The highest BCUT2D eigenvalue weighted by molar-refractivity contribution is 7.98. The molecule has 130 valence electrons. The van der Waals surface area contributed by atoms with Crippen LogP contribution in [0, 0.1) is 0 Å². The molecule has 26 heavy (non-hydrogen) atoms. The minimum Gasteiger partial charge on any atom is -0.455 e. The number of aromatic nitrogens is 2. The second kappa shape index (κ2) is 7.72. The number of nitrogens with zero attached hydrogens (tertiary/aromatic N) is 2. The molecule has 0 saturated heterocycles. The van der Waals surface area contributed by atoms with Crippen molar-refractivity contribution in [3.05, 3.63) is 76.2 Å². The van der Waals surface area contributed by atoms with Crippen molar-refractivity contribution < 1.29 is 13.9 Å². The zero-order valence-electron chi connectivity index (χ0n) is 13.6. The van der Waals surface area contributed by atoms with E-state index in [0.29, 0.717) is 16.5 Å². The van der Waals surface area contributed by atoms with Crippen molar-refractivity contribution in [2.45, 2.75) is 17.6 Å². The molecule has 0 fully saturated rings. The van der Waals surface area contributed by atoms with E-state index in [9.17, 15) is 4.79 Å². The first kappa shape index (κ1) is 16.8. The first-order valence-corrected chi connectivity index (χ1v) is 9.78. The molecule has 4 rings (SSSR count). The predicted molar refractivity (Wildman–Crippen MR) is 101 cm³/mol. The number of rotatable bonds is 6. The third-order valence-corrected chi connectivity index (χ3v) is 5.30. The Labute approximate surface area is 158 Å². The molecule has 5 nitrogen and oxygen atoms in total. The van der Waals surface area contributed by atoms with Gasteiger partial charge in [-0.2, -0.15) is 0 Å². The van der Waals surface area contributed by atoms with E-state index in [1.165, 1.54) is 23.1 Å². The number of carbonyl (C=O) groups is 1. The van der Waals surface area contributed by atoms with E-state index in [-0.39, 0.29) is 12.6 Å². The zero-order chi connectivity index (χ0) is 17.8. The van der Waals surface area contributed by atoms with Gasteiger partial charge in [0.25, 0.3) is 5.22 Å². The number of hydrogen-bond donors (Lipinski definition) is 0. The van der Waals surface area contributed by atoms with Gasteiger partial charge in [0.15, 0.2) is 5.58 Å². The predicted octanol–water partition coefficient (Wildman–Crippen LogP) is 4.93. The average Bonchev–Trinajstić information content (AvgIpc) is 3.33. The normalized spacial score (nSPS) is 10.9. The standard InChI is InChI=1S/C19H14N2O3S2/c22-18(23-11-17-20-9-10-25-17)14-6-2-1-5-13(14)12-26-19-21-15-7-3-4-8-16(15)24-19/h1-10H,11-12H2. The molecule has 0 bridgehead atoms. The summed E-state index contributed by atoms with van der Waals surface area (Å²) < 4.78 is 11.1. The van der Waals surface area contributed by atoms with Gasteiger partial charge in [-0.3, -0.25) is 0 Å². The van der Waals surface area contributed by atoms with Gasteiger partial charge in [-0.05, 0) is 23.8 Å². The van der Waals surface area contributed by atoms with Crippen LogP contribution in [0.15, 0.2) is 69.7 Å². The van der Waals surface area contributed by atoms with Crippen LogP contribution in [0.3, 0.4) is 0 Å². The molecule has 4 aromatic rings. The minimum atomic E-state index is -0.353. The fraction of sp³-hybridized carbons (Fsp3) is 0.105. The number of para-hydroxylation sites is 2. The highest BCUT2D eigenvalue weighted by Gasteiger charge is 2.14. The lowest BCUT2D eigenvalue weighted by molar-refractivity contribution is 0.0471. The molecule has 2 aromatic heterocycles. The number of thioether (sulfide) groups is 1. The van der Waals surface area contributed by atoms with E-state index in [0.717, 1.165) is 21.7 Å². The van der Waals surface area contributed by atoms with Crippen LogP contribution in [0.5, 0.6) is 0 Å². The van der Waals surface area contributed by atoms with Gasteiger partial charge in [-0.1, -0.05) is 42.1 Å². The molecular formula is C19H14N2O3S2. The Morgan fingerprint density at radius 1 is 1.15 bits per heavy atom. The number of thiazole rings is 1. The Bertz CT molecular complexity index is 995. The van der Waals surface area contributed by atoms with Crippen molar-refractivity contribution in [3.8, 4) is 0 Å². The summed E-state index contributed by atoms with van der Waals surface area (Å²) >= 11 is 2.91. The second-order valence-corrected chi connectivity index (χ2v) is 7.30. The summed E-state index contributed by atoms with van der Waals surface area (Å²) in [6.45, 7) is 0.184. The minimum absolute atomic E-state index is 0.184. The number of esters is 1. The topological polar surface area (TPSA) is 65.2 Å². The highest BCUT2D eigenvalue weighted by Crippen LogP contribution is 2.27. The molecule has 0 spiro atoms. The fourth-order valence-electron chi connectivity index (χ4n) is 2.43. The molecule has 0 aliphatic carbocycles. The van der Waals surface area contributed by atoms with Crippen LogP contribution in [0.2, 0.25) is 0 Å². The number of hydrogen-bond acceptors (Lipinski definition) is 7. The van der Waals surface area contributed by atoms with E-state index in [1.54, 1.807) is 12.3 Å². The number of fused-ring (bicyclic) bond motifs is 1. The van der Waals surface area contributed by atoms with Gasteiger partial charge >= 0.3 is 5.97 Å². The van der Waals surface area contributed by atoms with Gasteiger partial charge in [0.1, 0.15) is 17.1 Å². The molecule has 0 amide bonds. The number of benzene rings is 2. The SMILES string of the molecule is O=C(OCc1nccs1)c1ccccc1CSc1nc2ccccc2o1. The van der Waals surface area contributed by atoms with Crippen LogP contribution in [0.4, 0.5) is 0 Å². The first-order valence-electron chi connectivity index (χ1n) is 7.91. The van der Waals surface area contributed by atoms with Gasteiger partial charge < -0.3 is 9.15 Å². The van der Waals surface area contributed by atoms with E-state index < -0.39 is 0 Å². The van der Waals surface area contributed by atoms with Crippen LogP contribution in [-0.4, -0.2) is 15.9 Å². The number of oxazole rings is 1. The average molecular weight is 382 g/mol. The zero-order valence-corrected chi connectivity index (χ0v) is 15.3. The van der Waals surface area contributed by atoms with Crippen LogP contribution in [0.1, 0.15) is 20.9 Å². The van der Waals surface area contributed by atoms with E-state index in [2.05, 4.69) is 9.97 Å². The molecular weight excluding hydrogens is 368 g/mol. The van der Waals surface area contributed by atoms with Gasteiger partial charge in [0.05, 0.1) is 5.56 Å². The molecule has 0 N–H and O–H groups in total. The van der Waals surface area contributed by atoms with Crippen LogP contribution in [0.25, 0.3) is 11.1 Å². The Hall–Kier alpha value is -2.64. The molecule has 7 heteroatoms. The fourth-order valence-corrected chi connectivity index (χ4v) is 3.80. The summed E-state index contributed by atoms with van der Waals surface area (Å²) in [6, 6.07) is 15.0.